The van der Waals surface area contributed by atoms with Crippen LogP contribution in [0.2, 0.25) is 0 Å². The summed E-state index contributed by atoms with van der Waals surface area (Å²) in [6.45, 7) is -5.08. The molecule has 0 aromatic heterocycles. The van der Waals surface area contributed by atoms with E-state index in [-0.39, 0.29) is 17.9 Å². The normalized spacial score (nSPS) is 11.3. The number of carbonyl (C=O) groups is 1. The zero-order valence-electron chi connectivity index (χ0n) is 9.92. The van der Waals surface area contributed by atoms with Crippen molar-refractivity contribution in [3.8, 4) is 5.75 Å². The first kappa shape index (κ1) is 16.0. The molecule has 0 saturated heterocycles. The predicted molar refractivity (Wildman–Crippen MR) is 57.3 cm³/mol. The topological polar surface area (TPSA) is 47.6 Å². The first-order valence-electron chi connectivity index (χ1n) is 5.28. The number of alkyl carbamates (subject to hydrolysis) is 1. The van der Waals surface area contributed by atoms with E-state index in [1.165, 1.54) is 24.3 Å². The highest BCUT2D eigenvalue weighted by atomic mass is 19.4. The van der Waals surface area contributed by atoms with Gasteiger partial charge >= 0.3 is 18.9 Å². The van der Waals surface area contributed by atoms with Crippen molar-refractivity contribution in [2.24, 2.45) is 0 Å². The second kappa shape index (κ2) is 6.92. The van der Waals surface area contributed by atoms with Gasteiger partial charge in [-0.25, -0.2) is 4.79 Å². The molecule has 0 atom stereocenters. The molecule has 0 aliphatic rings. The zero-order chi connectivity index (χ0) is 15.2. The van der Waals surface area contributed by atoms with Gasteiger partial charge in [-0.05, 0) is 6.07 Å². The van der Waals surface area contributed by atoms with Crippen LogP contribution in [-0.4, -0.2) is 25.5 Å². The van der Waals surface area contributed by atoms with Crippen LogP contribution in [0.15, 0.2) is 24.3 Å². The lowest BCUT2D eigenvalue weighted by molar-refractivity contribution is -0.160. The van der Waals surface area contributed by atoms with Crippen LogP contribution >= 0.6 is 0 Å². The van der Waals surface area contributed by atoms with Gasteiger partial charge in [-0.1, -0.05) is 18.2 Å². The van der Waals surface area contributed by atoms with E-state index in [0.29, 0.717) is 0 Å². The SMILES string of the molecule is O=C(NCc1ccccc1OC(F)F)OCC(F)(F)F. The van der Waals surface area contributed by atoms with E-state index in [2.05, 4.69) is 9.47 Å². The van der Waals surface area contributed by atoms with Crippen LogP contribution < -0.4 is 10.1 Å². The lowest BCUT2D eigenvalue weighted by Gasteiger charge is -2.12. The van der Waals surface area contributed by atoms with E-state index in [9.17, 15) is 26.7 Å². The minimum atomic E-state index is -4.63. The number of carbonyl (C=O) groups excluding carboxylic acids is 1. The van der Waals surface area contributed by atoms with Gasteiger partial charge in [0.05, 0.1) is 0 Å². The molecule has 1 N–H and O–H groups in total. The van der Waals surface area contributed by atoms with Crippen molar-refractivity contribution in [2.75, 3.05) is 6.61 Å². The highest BCUT2D eigenvalue weighted by Gasteiger charge is 2.29. The number of ether oxygens (including phenoxy) is 2. The van der Waals surface area contributed by atoms with Crippen LogP contribution in [0.1, 0.15) is 5.56 Å². The number of rotatable bonds is 5. The van der Waals surface area contributed by atoms with E-state index >= 15 is 0 Å². The number of nitrogens with one attached hydrogen (secondary N) is 1. The van der Waals surface area contributed by atoms with E-state index in [1.54, 1.807) is 0 Å². The van der Waals surface area contributed by atoms with Crippen LogP contribution in [-0.2, 0) is 11.3 Å². The first-order valence-corrected chi connectivity index (χ1v) is 5.28. The molecule has 0 heterocycles. The molecule has 0 unspecified atom stereocenters. The summed E-state index contributed by atoms with van der Waals surface area (Å²) in [5.74, 6) is -0.182. The molecule has 9 heteroatoms. The van der Waals surface area contributed by atoms with Gasteiger partial charge in [-0.15, -0.1) is 0 Å². The van der Waals surface area contributed by atoms with Crippen molar-refractivity contribution in [3.05, 3.63) is 29.8 Å². The van der Waals surface area contributed by atoms with E-state index in [1.807, 2.05) is 5.32 Å². The molecule has 112 valence electrons. The molecule has 0 radical (unpaired) electrons. The number of para-hydroxylation sites is 1. The van der Waals surface area contributed by atoms with E-state index in [4.69, 9.17) is 0 Å². The molecule has 0 aliphatic carbocycles. The third-order valence-electron chi connectivity index (χ3n) is 1.98. The average molecular weight is 299 g/mol. The van der Waals surface area contributed by atoms with Crippen LogP contribution in [0.3, 0.4) is 0 Å². The molecule has 0 bridgehead atoms. The summed E-state index contributed by atoms with van der Waals surface area (Å²) in [6, 6.07) is 5.55. The molecule has 4 nitrogen and oxygen atoms in total. The number of benzene rings is 1. The van der Waals surface area contributed by atoms with Gasteiger partial charge in [0.1, 0.15) is 5.75 Å². The maximum Gasteiger partial charge on any atom is 0.422 e. The number of alkyl halides is 5. The van der Waals surface area contributed by atoms with E-state index < -0.39 is 25.5 Å². The summed E-state index contributed by atoms with van der Waals surface area (Å²) < 4.78 is 67.6. The summed E-state index contributed by atoms with van der Waals surface area (Å²) >= 11 is 0. The summed E-state index contributed by atoms with van der Waals surface area (Å²) in [7, 11) is 0. The van der Waals surface area contributed by atoms with Crippen molar-refractivity contribution >= 4 is 6.09 Å². The largest absolute Gasteiger partial charge is 0.440 e. The molecular weight excluding hydrogens is 289 g/mol. The van der Waals surface area contributed by atoms with Crippen molar-refractivity contribution < 1.29 is 36.2 Å². The molecule has 1 aromatic carbocycles. The number of hydrogen-bond acceptors (Lipinski definition) is 3. The minimum Gasteiger partial charge on any atom is -0.440 e. The Labute approximate surface area is 110 Å². The Hall–Kier alpha value is -2.06. The fraction of sp³-hybridized carbons (Fsp3) is 0.364. The fourth-order valence-electron chi connectivity index (χ4n) is 1.23. The molecule has 20 heavy (non-hydrogen) atoms. The second-order valence-electron chi connectivity index (χ2n) is 3.53. The average Bonchev–Trinajstić information content (AvgIpc) is 2.34. The summed E-state index contributed by atoms with van der Waals surface area (Å²) in [5.41, 5.74) is 0.178. The first-order chi connectivity index (χ1) is 9.28. The maximum atomic E-state index is 12.1. The summed E-state index contributed by atoms with van der Waals surface area (Å²) in [6.07, 6.45) is -5.94. The highest BCUT2D eigenvalue weighted by molar-refractivity contribution is 5.67. The Balaban J connectivity index is 2.51. The van der Waals surface area contributed by atoms with Crippen LogP contribution in [0.5, 0.6) is 5.75 Å². The predicted octanol–water partition coefficient (Wildman–Crippen LogP) is 3.08. The van der Waals surface area contributed by atoms with Gasteiger partial charge in [0.25, 0.3) is 0 Å². The van der Waals surface area contributed by atoms with Crippen molar-refractivity contribution in [1.29, 1.82) is 0 Å². The van der Waals surface area contributed by atoms with Gasteiger partial charge in [0.15, 0.2) is 6.61 Å². The molecule has 1 aromatic rings. The Morgan fingerprint density at radius 2 is 1.90 bits per heavy atom. The molecule has 0 saturated carbocycles. The molecular formula is C11H10F5NO3. The summed E-state index contributed by atoms with van der Waals surface area (Å²) in [5, 5.41) is 2.00. The summed E-state index contributed by atoms with van der Waals surface area (Å²) in [4.78, 5) is 11.0. The van der Waals surface area contributed by atoms with Crippen LogP contribution in [0.4, 0.5) is 26.7 Å². The third kappa shape index (κ3) is 6.21. The smallest absolute Gasteiger partial charge is 0.422 e. The maximum absolute atomic E-state index is 12.1. The van der Waals surface area contributed by atoms with Crippen LogP contribution in [0, 0.1) is 0 Å². The minimum absolute atomic E-state index is 0.178. The molecule has 0 aliphatic heterocycles. The van der Waals surface area contributed by atoms with Crippen molar-refractivity contribution in [1.82, 2.24) is 5.32 Å². The standard InChI is InChI=1S/C11H10F5NO3/c12-9(13)20-8-4-2-1-3-7(8)5-17-10(18)19-6-11(14,15)16/h1-4,9H,5-6H2,(H,17,18). The Kier molecular flexibility index (Phi) is 5.53. The third-order valence-corrected chi connectivity index (χ3v) is 1.98. The Morgan fingerprint density at radius 1 is 1.25 bits per heavy atom. The van der Waals surface area contributed by atoms with Gasteiger partial charge in [0, 0.05) is 12.1 Å². The molecule has 1 amide bonds. The quantitative estimate of drug-likeness (QED) is 0.850. The van der Waals surface area contributed by atoms with Gasteiger partial charge < -0.3 is 14.8 Å². The number of hydrogen-bond donors (Lipinski definition) is 1. The highest BCUT2D eigenvalue weighted by Crippen LogP contribution is 2.20. The monoisotopic (exact) mass is 299 g/mol. The van der Waals surface area contributed by atoms with Crippen molar-refractivity contribution in [2.45, 2.75) is 19.3 Å². The number of halogens is 5. The lowest BCUT2D eigenvalue weighted by Crippen LogP contribution is -2.28. The lowest BCUT2D eigenvalue weighted by atomic mass is 10.2. The van der Waals surface area contributed by atoms with Gasteiger partial charge in [-0.3, -0.25) is 0 Å². The fourth-order valence-corrected chi connectivity index (χ4v) is 1.23. The van der Waals surface area contributed by atoms with E-state index in [0.717, 1.165) is 0 Å². The molecule has 0 spiro atoms. The van der Waals surface area contributed by atoms with Gasteiger partial charge in [0.2, 0.25) is 0 Å². The van der Waals surface area contributed by atoms with Crippen molar-refractivity contribution in [3.63, 3.8) is 0 Å². The second-order valence-corrected chi connectivity index (χ2v) is 3.53. The number of amides is 1. The molecule has 0 fully saturated rings. The Bertz CT molecular complexity index is 450. The van der Waals surface area contributed by atoms with Crippen LogP contribution in [0.25, 0.3) is 0 Å². The molecule has 1 rings (SSSR count). The zero-order valence-corrected chi connectivity index (χ0v) is 9.92. The van der Waals surface area contributed by atoms with Gasteiger partial charge in [-0.2, -0.15) is 22.0 Å². The Morgan fingerprint density at radius 3 is 2.50 bits per heavy atom.